The molecule has 0 bridgehead atoms. The van der Waals surface area contributed by atoms with Gasteiger partial charge in [0.25, 0.3) is 0 Å². The number of guanidine groups is 1. The molecule has 18 heavy (non-hydrogen) atoms. The Bertz CT molecular complexity index is 495. The van der Waals surface area contributed by atoms with Gasteiger partial charge in [0.05, 0.1) is 16.7 Å². The minimum Gasteiger partial charge on any atom is -0.354 e. The molecule has 0 aliphatic carbocycles. The highest BCUT2D eigenvalue weighted by molar-refractivity contribution is 9.13. The minimum atomic E-state index is 0.494. The van der Waals surface area contributed by atoms with Crippen molar-refractivity contribution in [2.45, 2.75) is 26.7 Å². The van der Waals surface area contributed by atoms with Crippen LogP contribution in [0.4, 0.5) is 5.69 Å². The predicted molar refractivity (Wildman–Crippen MR) is 84.6 cm³/mol. The monoisotopic (exact) mass is 373 g/mol. The standard InChI is InChI=1S/C13H17Br2N3/c1-7(2)9-6-10(14)11(15)12(8(9)3)18-13-16-4-5-17-13/h6-7H,4-5H2,1-3H3,(H2,16,17,18). The first-order valence-corrected chi connectivity index (χ1v) is 7.63. The van der Waals surface area contributed by atoms with Crippen molar-refractivity contribution in [2.75, 3.05) is 18.4 Å². The van der Waals surface area contributed by atoms with E-state index in [-0.39, 0.29) is 0 Å². The van der Waals surface area contributed by atoms with Crippen LogP contribution in [0.2, 0.25) is 0 Å². The number of aliphatic imine (C=N–C) groups is 1. The molecule has 1 aliphatic heterocycles. The molecule has 0 atom stereocenters. The zero-order valence-corrected chi connectivity index (χ0v) is 13.9. The number of rotatable bonds is 2. The summed E-state index contributed by atoms with van der Waals surface area (Å²) in [5.74, 6) is 1.35. The van der Waals surface area contributed by atoms with Gasteiger partial charge in [-0.15, -0.1) is 0 Å². The van der Waals surface area contributed by atoms with Gasteiger partial charge in [-0.2, -0.15) is 0 Å². The number of hydrogen-bond acceptors (Lipinski definition) is 3. The van der Waals surface area contributed by atoms with Gasteiger partial charge in [0, 0.05) is 11.0 Å². The van der Waals surface area contributed by atoms with Gasteiger partial charge in [-0.25, -0.2) is 0 Å². The number of anilines is 1. The summed E-state index contributed by atoms with van der Waals surface area (Å²) >= 11 is 7.23. The first kappa shape index (κ1) is 13.9. The lowest BCUT2D eigenvalue weighted by molar-refractivity contribution is 0.855. The number of halogens is 2. The average molecular weight is 375 g/mol. The molecule has 0 spiro atoms. The van der Waals surface area contributed by atoms with E-state index in [4.69, 9.17) is 0 Å². The lowest BCUT2D eigenvalue weighted by atomic mass is 9.97. The molecule has 1 heterocycles. The number of hydrogen-bond donors (Lipinski definition) is 2. The number of nitrogens with zero attached hydrogens (tertiary/aromatic N) is 1. The van der Waals surface area contributed by atoms with Crippen molar-refractivity contribution in [3.05, 3.63) is 26.1 Å². The van der Waals surface area contributed by atoms with Crippen LogP contribution in [0.1, 0.15) is 30.9 Å². The first-order valence-electron chi connectivity index (χ1n) is 6.04. The highest BCUT2D eigenvalue weighted by Gasteiger charge is 2.16. The normalized spacial score (nSPS) is 14.7. The Balaban J connectivity index is 2.43. The molecular weight excluding hydrogens is 358 g/mol. The topological polar surface area (TPSA) is 36.4 Å². The summed E-state index contributed by atoms with van der Waals surface area (Å²) in [7, 11) is 0. The molecule has 2 rings (SSSR count). The van der Waals surface area contributed by atoms with Gasteiger partial charge in [-0.3, -0.25) is 4.99 Å². The average Bonchev–Trinajstić information content (AvgIpc) is 2.81. The zero-order valence-electron chi connectivity index (χ0n) is 10.8. The van der Waals surface area contributed by atoms with Gasteiger partial charge < -0.3 is 10.6 Å². The second-order valence-corrected chi connectivity index (χ2v) is 6.35. The van der Waals surface area contributed by atoms with Crippen molar-refractivity contribution in [1.82, 2.24) is 5.32 Å². The Labute approximate surface area is 125 Å². The van der Waals surface area contributed by atoms with Crippen LogP contribution in [0.5, 0.6) is 0 Å². The minimum absolute atomic E-state index is 0.494. The maximum absolute atomic E-state index is 4.38. The maximum atomic E-state index is 4.38. The predicted octanol–water partition coefficient (Wildman–Crippen LogP) is 4.01. The third kappa shape index (κ3) is 2.72. The lowest BCUT2D eigenvalue weighted by Crippen LogP contribution is -2.27. The van der Waals surface area contributed by atoms with E-state index >= 15 is 0 Å². The van der Waals surface area contributed by atoms with Gasteiger partial charge in [0.15, 0.2) is 5.96 Å². The van der Waals surface area contributed by atoms with Crippen LogP contribution >= 0.6 is 31.9 Å². The fraction of sp³-hybridized carbons (Fsp3) is 0.462. The van der Waals surface area contributed by atoms with Crippen LogP contribution in [0.25, 0.3) is 0 Å². The third-order valence-corrected chi connectivity index (χ3v) is 5.04. The molecule has 0 fully saturated rings. The van der Waals surface area contributed by atoms with Gasteiger partial charge in [-0.05, 0) is 61.9 Å². The number of benzene rings is 1. The van der Waals surface area contributed by atoms with Crippen molar-refractivity contribution in [2.24, 2.45) is 4.99 Å². The molecule has 1 aromatic carbocycles. The van der Waals surface area contributed by atoms with Gasteiger partial charge in [0.2, 0.25) is 0 Å². The van der Waals surface area contributed by atoms with E-state index in [1.165, 1.54) is 11.1 Å². The molecule has 0 unspecified atom stereocenters. The van der Waals surface area contributed by atoms with Gasteiger partial charge in [0.1, 0.15) is 0 Å². The molecule has 0 aromatic heterocycles. The fourth-order valence-electron chi connectivity index (χ4n) is 2.08. The number of nitrogens with one attached hydrogen (secondary N) is 2. The Morgan fingerprint density at radius 3 is 2.67 bits per heavy atom. The maximum Gasteiger partial charge on any atom is 0.195 e. The Hall–Kier alpha value is -0.550. The second kappa shape index (κ2) is 5.61. The van der Waals surface area contributed by atoms with E-state index in [0.29, 0.717) is 5.92 Å². The van der Waals surface area contributed by atoms with Crippen LogP contribution in [0.15, 0.2) is 20.0 Å². The van der Waals surface area contributed by atoms with Gasteiger partial charge >= 0.3 is 0 Å². The van der Waals surface area contributed by atoms with Crippen LogP contribution in [0, 0.1) is 6.92 Å². The van der Waals surface area contributed by atoms with E-state index in [1.807, 2.05) is 0 Å². The molecule has 0 saturated heterocycles. The summed E-state index contributed by atoms with van der Waals surface area (Å²) in [6, 6.07) is 2.18. The molecule has 98 valence electrons. The largest absolute Gasteiger partial charge is 0.354 e. The summed E-state index contributed by atoms with van der Waals surface area (Å²) in [6.07, 6.45) is 0. The smallest absolute Gasteiger partial charge is 0.195 e. The summed E-state index contributed by atoms with van der Waals surface area (Å²) < 4.78 is 2.11. The second-order valence-electron chi connectivity index (χ2n) is 4.70. The molecule has 0 radical (unpaired) electrons. The molecule has 0 amide bonds. The van der Waals surface area contributed by atoms with E-state index in [1.54, 1.807) is 0 Å². The van der Waals surface area contributed by atoms with Crippen molar-refractivity contribution in [1.29, 1.82) is 0 Å². The molecule has 5 heteroatoms. The zero-order chi connectivity index (χ0) is 13.3. The van der Waals surface area contributed by atoms with E-state index in [2.05, 4.69) is 74.3 Å². The Morgan fingerprint density at radius 1 is 1.39 bits per heavy atom. The highest BCUT2D eigenvalue weighted by Crippen LogP contribution is 2.38. The lowest BCUT2D eigenvalue weighted by Gasteiger charge is -2.18. The van der Waals surface area contributed by atoms with Crippen LogP contribution in [-0.4, -0.2) is 19.0 Å². The van der Waals surface area contributed by atoms with Crippen molar-refractivity contribution < 1.29 is 0 Å². The summed E-state index contributed by atoms with van der Waals surface area (Å²) in [5.41, 5.74) is 3.68. The van der Waals surface area contributed by atoms with Crippen molar-refractivity contribution >= 4 is 43.5 Å². The summed E-state index contributed by atoms with van der Waals surface area (Å²) in [5, 5.41) is 6.61. The first-order chi connectivity index (χ1) is 8.50. The molecule has 3 nitrogen and oxygen atoms in total. The summed E-state index contributed by atoms with van der Waals surface area (Å²) in [6.45, 7) is 8.30. The Morgan fingerprint density at radius 2 is 2.11 bits per heavy atom. The quantitative estimate of drug-likeness (QED) is 0.820. The fourth-order valence-corrected chi connectivity index (χ4v) is 3.04. The molecule has 0 saturated carbocycles. The highest BCUT2D eigenvalue weighted by atomic mass is 79.9. The molecule has 1 aromatic rings. The molecular formula is C13H17Br2N3. The van der Waals surface area contributed by atoms with Crippen LogP contribution < -0.4 is 10.6 Å². The van der Waals surface area contributed by atoms with Crippen molar-refractivity contribution in [3.63, 3.8) is 0 Å². The van der Waals surface area contributed by atoms with Crippen LogP contribution in [0.3, 0.4) is 0 Å². The SMILES string of the molecule is Cc1c(C(C)C)cc(Br)c(Br)c1NC1=NCCN1. The summed E-state index contributed by atoms with van der Waals surface area (Å²) in [4.78, 5) is 4.38. The van der Waals surface area contributed by atoms with Crippen molar-refractivity contribution in [3.8, 4) is 0 Å². The molecule has 1 aliphatic rings. The van der Waals surface area contributed by atoms with E-state index in [9.17, 15) is 0 Å². The van der Waals surface area contributed by atoms with Crippen LogP contribution in [-0.2, 0) is 0 Å². The van der Waals surface area contributed by atoms with E-state index < -0.39 is 0 Å². The van der Waals surface area contributed by atoms with E-state index in [0.717, 1.165) is 33.7 Å². The third-order valence-electron chi connectivity index (χ3n) is 3.06. The Kier molecular flexibility index (Phi) is 4.33. The molecule has 2 N–H and O–H groups in total. The van der Waals surface area contributed by atoms with Gasteiger partial charge in [-0.1, -0.05) is 13.8 Å².